The van der Waals surface area contributed by atoms with Crippen LogP contribution in [0, 0.1) is 5.82 Å². The van der Waals surface area contributed by atoms with E-state index >= 15 is 0 Å². The van der Waals surface area contributed by atoms with Crippen LogP contribution in [0.2, 0.25) is 5.02 Å². The van der Waals surface area contributed by atoms with Crippen LogP contribution in [0.4, 0.5) is 33.7 Å². The van der Waals surface area contributed by atoms with Gasteiger partial charge >= 0.3 is 12.2 Å². The number of amides is 2. The number of rotatable bonds is 2. The highest BCUT2D eigenvalue weighted by atomic mass is 35.5. The maximum atomic E-state index is 12.9. The lowest BCUT2D eigenvalue weighted by atomic mass is 10.1. The molecule has 2 rings (SSSR count). The van der Waals surface area contributed by atoms with Crippen LogP contribution in [0.1, 0.15) is 5.56 Å². The summed E-state index contributed by atoms with van der Waals surface area (Å²) in [5.74, 6) is -0.599. The molecule has 2 aromatic carbocycles. The lowest BCUT2D eigenvalue weighted by Gasteiger charge is -2.14. The molecule has 0 heterocycles. The van der Waals surface area contributed by atoms with Gasteiger partial charge in [-0.15, -0.1) is 0 Å². The quantitative estimate of drug-likeness (QED) is 0.734. The van der Waals surface area contributed by atoms with Crippen molar-refractivity contribution in [2.24, 2.45) is 0 Å². The van der Waals surface area contributed by atoms with Crippen molar-refractivity contribution in [2.45, 2.75) is 6.18 Å². The average molecular weight is 333 g/mol. The average Bonchev–Trinajstić information content (AvgIpc) is 2.41. The van der Waals surface area contributed by atoms with Crippen LogP contribution < -0.4 is 10.6 Å². The van der Waals surface area contributed by atoms with Crippen molar-refractivity contribution in [3.05, 3.63) is 58.9 Å². The molecular weight excluding hydrogens is 324 g/mol. The van der Waals surface area contributed by atoms with Crippen molar-refractivity contribution < 1.29 is 22.4 Å². The molecule has 2 aromatic rings. The number of halogens is 5. The topological polar surface area (TPSA) is 41.1 Å². The SMILES string of the molecule is O=C(Nc1ccc(F)cc1Cl)Nc1ccccc1C(F)(F)F. The first-order valence-corrected chi connectivity index (χ1v) is 6.34. The third kappa shape index (κ3) is 3.88. The molecule has 3 nitrogen and oxygen atoms in total. The summed E-state index contributed by atoms with van der Waals surface area (Å²) in [4.78, 5) is 11.8. The fourth-order valence-corrected chi connectivity index (χ4v) is 1.92. The van der Waals surface area contributed by atoms with Gasteiger partial charge in [0.2, 0.25) is 0 Å². The van der Waals surface area contributed by atoms with Crippen LogP contribution in [0.25, 0.3) is 0 Å². The predicted octanol–water partition coefficient (Wildman–Crippen LogP) is 5.14. The molecule has 0 aliphatic rings. The molecule has 116 valence electrons. The van der Waals surface area contributed by atoms with Crippen molar-refractivity contribution in [1.82, 2.24) is 0 Å². The Labute approximate surface area is 127 Å². The summed E-state index contributed by atoms with van der Waals surface area (Å²) in [5.41, 5.74) is -1.30. The number of anilines is 2. The lowest BCUT2D eigenvalue weighted by Crippen LogP contribution is -2.22. The Morgan fingerprint density at radius 2 is 1.64 bits per heavy atom. The van der Waals surface area contributed by atoms with Gasteiger partial charge in [-0.1, -0.05) is 23.7 Å². The molecule has 2 amide bonds. The molecule has 8 heteroatoms. The van der Waals surface area contributed by atoms with Gasteiger partial charge < -0.3 is 10.6 Å². The Morgan fingerprint density at radius 1 is 1.00 bits per heavy atom. The van der Waals surface area contributed by atoms with Gasteiger partial charge in [-0.25, -0.2) is 9.18 Å². The van der Waals surface area contributed by atoms with Crippen LogP contribution in [0.5, 0.6) is 0 Å². The zero-order valence-corrected chi connectivity index (χ0v) is 11.6. The lowest BCUT2D eigenvalue weighted by molar-refractivity contribution is -0.136. The van der Waals surface area contributed by atoms with Gasteiger partial charge in [0.1, 0.15) is 5.82 Å². The minimum absolute atomic E-state index is 0.0701. The van der Waals surface area contributed by atoms with Gasteiger partial charge in [0.15, 0.2) is 0 Å². The molecule has 0 saturated carbocycles. The first-order valence-electron chi connectivity index (χ1n) is 5.96. The number of urea groups is 1. The summed E-state index contributed by atoms with van der Waals surface area (Å²) >= 11 is 5.72. The van der Waals surface area contributed by atoms with Crippen LogP contribution in [0.3, 0.4) is 0 Å². The monoisotopic (exact) mass is 332 g/mol. The van der Waals surface area contributed by atoms with E-state index in [2.05, 4.69) is 10.6 Å². The molecule has 0 aromatic heterocycles. The molecule has 0 spiro atoms. The Bertz CT molecular complexity index is 703. The summed E-state index contributed by atoms with van der Waals surface area (Å²) in [6.45, 7) is 0. The van der Waals surface area contributed by atoms with Gasteiger partial charge in [0.05, 0.1) is 22.0 Å². The van der Waals surface area contributed by atoms with Gasteiger partial charge in [0, 0.05) is 0 Å². The van der Waals surface area contributed by atoms with E-state index in [1.165, 1.54) is 18.2 Å². The Hall–Kier alpha value is -2.28. The van der Waals surface area contributed by atoms with E-state index < -0.39 is 29.3 Å². The maximum Gasteiger partial charge on any atom is 0.418 e. The molecule has 0 atom stereocenters. The molecule has 2 N–H and O–H groups in total. The number of nitrogens with one attached hydrogen (secondary N) is 2. The van der Waals surface area contributed by atoms with Crippen molar-refractivity contribution in [1.29, 1.82) is 0 Å². The molecule has 0 fully saturated rings. The number of hydrogen-bond donors (Lipinski definition) is 2. The second-order valence-electron chi connectivity index (χ2n) is 4.25. The highest BCUT2D eigenvalue weighted by Crippen LogP contribution is 2.34. The van der Waals surface area contributed by atoms with Crippen LogP contribution in [-0.4, -0.2) is 6.03 Å². The number of alkyl halides is 3. The van der Waals surface area contributed by atoms with Gasteiger partial charge in [-0.3, -0.25) is 0 Å². The van der Waals surface area contributed by atoms with Gasteiger partial charge in [0.25, 0.3) is 0 Å². The molecule has 0 aliphatic heterocycles. The summed E-state index contributed by atoms with van der Waals surface area (Å²) in [5, 5.41) is 4.26. The van der Waals surface area contributed by atoms with E-state index in [1.807, 2.05) is 0 Å². The largest absolute Gasteiger partial charge is 0.418 e. The molecule has 0 aliphatic carbocycles. The van der Waals surface area contributed by atoms with Gasteiger partial charge in [-0.2, -0.15) is 13.2 Å². The van der Waals surface area contributed by atoms with Crippen molar-refractivity contribution >= 4 is 29.0 Å². The van der Waals surface area contributed by atoms with Crippen LogP contribution >= 0.6 is 11.6 Å². The van der Waals surface area contributed by atoms with E-state index in [1.54, 1.807) is 0 Å². The molecular formula is C14H9ClF4N2O. The first-order chi connectivity index (χ1) is 10.3. The summed E-state index contributed by atoms with van der Waals surface area (Å²) in [6.07, 6.45) is -4.60. The number of para-hydroxylation sites is 1. The van der Waals surface area contributed by atoms with Crippen LogP contribution in [0.15, 0.2) is 42.5 Å². The van der Waals surface area contributed by atoms with Crippen molar-refractivity contribution in [3.8, 4) is 0 Å². The van der Waals surface area contributed by atoms with E-state index in [9.17, 15) is 22.4 Å². The first kappa shape index (κ1) is 16.1. The maximum absolute atomic E-state index is 12.9. The summed E-state index contributed by atoms with van der Waals surface area (Å²) in [7, 11) is 0. The smallest absolute Gasteiger partial charge is 0.307 e. The van der Waals surface area contributed by atoms with Crippen LogP contribution in [-0.2, 0) is 6.18 Å². The normalized spacial score (nSPS) is 11.1. The predicted molar refractivity (Wildman–Crippen MR) is 75.5 cm³/mol. The standard InChI is InChI=1S/C14H9ClF4N2O/c15-10-7-8(16)5-6-12(10)21-13(22)20-11-4-2-1-3-9(11)14(17,18)19/h1-7H,(H2,20,21,22). The van der Waals surface area contributed by atoms with Crippen molar-refractivity contribution in [2.75, 3.05) is 10.6 Å². The third-order valence-corrected chi connectivity index (χ3v) is 2.97. The summed E-state index contributed by atoms with van der Waals surface area (Å²) in [6, 6.07) is 6.84. The zero-order chi connectivity index (χ0) is 16.3. The fourth-order valence-electron chi connectivity index (χ4n) is 1.71. The minimum Gasteiger partial charge on any atom is -0.307 e. The van der Waals surface area contributed by atoms with Gasteiger partial charge in [-0.05, 0) is 30.3 Å². The Kier molecular flexibility index (Phi) is 4.56. The highest BCUT2D eigenvalue weighted by molar-refractivity contribution is 6.33. The van der Waals surface area contributed by atoms with E-state index in [-0.39, 0.29) is 10.7 Å². The number of carbonyl (C=O) groups excluding carboxylic acids is 1. The minimum atomic E-state index is -4.60. The number of carbonyl (C=O) groups is 1. The molecule has 0 radical (unpaired) electrons. The van der Waals surface area contributed by atoms with E-state index in [0.717, 1.165) is 24.3 Å². The Balaban J connectivity index is 2.16. The number of hydrogen-bond acceptors (Lipinski definition) is 1. The second kappa shape index (κ2) is 6.23. The summed E-state index contributed by atoms with van der Waals surface area (Å²) < 4.78 is 51.3. The fraction of sp³-hybridized carbons (Fsp3) is 0.0714. The van der Waals surface area contributed by atoms with Crippen molar-refractivity contribution in [3.63, 3.8) is 0 Å². The highest BCUT2D eigenvalue weighted by Gasteiger charge is 2.33. The van der Waals surface area contributed by atoms with E-state index in [4.69, 9.17) is 11.6 Å². The van der Waals surface area contributed by atoms with E-state index in [0.29, 0.717) is 0 Å². The molecule has 0 unspecified atom stereocenters. The zero-order valence-electron chi connectivity index (χ0n) is 10.8. The number of benzene rings is 2. The third-order valence-electron chi connectivity index (χ3n) is 2.66. The molecule has 0 saturated heterocycles. The Morgan fingerprint density at radius 3 is 2.27 bits per heavy atom. The second-order valence-corrected chi connectivity index (χ2v) is 4.65. The molecule has 22 heavy (non-hydrogen) atoms. The molecule has 0 bridgehead atoms.